The van der Waals surface area contributed by atoms with Crippen molar-refractivity contribution in [2.75, 3.05) is 19.7 Å². The van der Waals surface area contributed by atoms with Crippen molar-refractivity contribution in [2.24, 2.45) is 0 Å². The minimum Gasteiger partial charge on any atom is -0.393 e. The third-order valence-corrected chi connectivity index (χ3v) is 4.43. The first kappa shape index (κ1) is 13.7. The summed E-state index contributed by atoms with van der Waals surface area (Å²) in [5.74, 6) is 0. The van der Waals surface area contributed by atoms with Gasteiger partial charge in [-0.3, -0.25) is 0 Å². The predicted molar refractivity (Wildman–Crippen MR) is 70.2 cm³/mol. The summed E-state index contributed by atoms with van der Waals surface area (Å²) in [5, 5.41) is 28.3. The number of aliphatic hydroxyl groups excluding tert-OH is 1. The van der Waals surface area contributed by atoms with Crippen LogP contribution in [-0.2, 0) is 0 Å². The lowest BCUT2D eigenvalue weighted by Crippen LogP contribution is -2.35. The number of nitrogens with zero attached hydrogens (tertiary/aromatic N) is 2. The quantitative estimate of drug-likeness (QED) is 0.826. The first-order chi connectivity index (χ1) is 8.56. The van der Waals surface area contributed by atoms with Crippen LogP contribution in [0.3, 0.4) is 0 Å². The molecule has 2 rings (SSSR count). The van der Waals surface area contributed by atoms with Crippen molar-refractivity contribution in [3.8, 4) is 6.07 Å². The molecule has 0 aliphatic carbocycles. The third-order valence-electron chi connectivity index (χ3n) is 2.88. The fraction of sp³-hybridized carbons (Fsp3) is 0.417. The van der Waals surface area contributed by atoms with Crippen LogP contribution >= 0.6 is 23.5 Å². The molecule has 1 heterocycles. The van der Waals surface area contributed by atoms with Gasteiger partial charge in [0.2, 0.25) is 0 Å². The number of nitriles is 1. The molecule has 0 saturated carbocycles. The topological polar surface area (TPSA) is 67.5 Å². The van der Waals surface area contributed by atoms with Crippen molar-refractivity contribution in [1.82, 2.24) is 4.31 Å². The van der Waals surface area contributed by atoms with Crippen molar-refractivity contribution in [3.05, 3.63) is 28.8 Å². The molecule has 0 radical (unpaired) electrons. The zero-order valence-corrected chi connectivity index (χ0v) is 11.2. The van der Waals surface area contributed by atoms with E-state index >= 15 is 0 Å². The molecule has 0 aromatic heterocycles. The molecule has 1 saturated heterocycles. The summed E-state index contributed by atoms with van der Waals surface area (Å²) >= 11 is 7.52. The second-order valence-electron chi connectivity index (χ2n) is 4.34. The van der Waals surface area contributed by atoms with E-state index in [1.165, 1.54) is 11.9 Å². The second-order valence-corrected chi connectivity index (χ2v) is 5.89. The zero-order chi connectivity index (χ0) is 13.2. The van der Waals surface area contributed by atoms with Gasteiger partial charge in [-0.1, -0.05) is 11.6 Å². The molecule has 0 spiro atoms. The Morgan fingerprint density at radius 1 is 1.56 bits per heavy atom. The Morgan fingerprint density at radius 3 is 2.89 bits per heavy atom. The predicted octanol–water partition coefficient (Wildman–Crippen LogP) is 1.65. The summed E-state index contributed by atoms with van der Waals surface area (Å²) in [6.45, 7) is 0.869. The molecule has 1 aliphatic rings. The molecule has 1 unspecified atom stereocenters. The molecule has 2 N–H and O–H groups in total. The van der Waals surface area contributed by atoms with Gasteiger partial charge < -0.3 is 10.2 Å². The second kappa shape index (κ2) is 5.47. The molecule has 1 atom stereocenters. The molecule has 1 aromatic carbocycles. The van der Waals surface area contributed by atoms with Gasteiger partial charge in [0.1, 0.15) is 5.60 Å². The monoisotopic (exact) mass is 284 g/mol. The third kappa shape index (κ3) is 2.97. The molecule has 6 heteroatoms. The van der Waals surface area contributed by atoms with Crippen molar-refractivity contribution < 1.29 is 10.2 Å². The van der Waals surface area contributed by atoms with E-state index in [4.69, 9.17) is 22.0 Å². The van der Waals surface area contributed by atoms with E-state index in [0.29, 0.717) is 30.1 Å². The normalized spacial score (nSPS) is 24.1. The lowest BCUT2D eigenvalue weighted by molar-refractivity contribution is -0.000268. The fourth-order valence-electron chi connectivity index (χ4n) is 1.81. The van der Waals surface area contributed by atoms with Crippen LogP contribution in [0.15, 0.2) is 23.1 Å². The van der Waals surface area contributed by atoms with Crippen LogP contribution in [0.4, 0.5) is 0 Å². The first-order valence-electron chi connectivity index (χ1n) is 5.52. The summed E-state index contributed by atoms with van der Waals surface area (Å²) in [6, 6.07) is 7.16. The van der Waals surface area contributed by atoms with Gasteiger partial charge in [0.15, 0.2) is 0 Å². The number of hydrogen-bond donors (Lipinski definition) is 2. The molecule has 1 aliphatic heterocycles. The molecule has 18 heavy (non-hydrogen) atoms. The van der Waals surface area contributed by atoms with E-state index in [0.717, 1.165) is 4.90 Å². The summed E-state index contributed by atoms with van der Waals surface area (Å²) in [5.41, 5.74) is -0.482. The first-order valence-corrected chi connectivity index (χ1v) is 6.67. The van der Waals surface area contributed by atoms with Crippen molar-refractivity contribution in [1.29, 1.82) is 5.26 Å². The van der Waals surface area contributed by atoms with Crippen LogP contribution in [0, 0.1) is 11.3 Å². The highest BCUT2D eigenvalue weighted by Gasteiger charge is 2.36. The number of halogens is 1. The molecule has 0 amide bonds. The highest BCUT2D eigenvalue weighted by Crippen LogP contribution is 2.35. The lowest BCUT2D eigenvalue weighted by Gasteiger charge is -2.20. The number of aliphatic hydroxyl groups is 2. The summed E-state index contributed by atoms with van der Waals surface area (Å²) in [6.07, 6.45) is 0.546. The van der Waals surface area contributed by atoms with Crippen molar-refractivity contribution in [3.63, 3.8) is 0 Å². The average Bonchev–Trinajstić information content (AvgIpc) is 2.74. The van der Waals surface area contributed by atoms with Gasteiger partial charge >= 0.3 is 0 Å². The Balaban J connectivity index is 2.05. The lowest BCUT2D eigenvalue weighted by atomic mass is 10.1. The Labute approximate surface area is 115 Å². The van der Waals surface area contributed by atoms with E-state index in [9.17, 15) is 5.11 Å². The van der Waals surface area contributed by atoms with Gasteiger partial charge in [0, 0.05) is 18.0 Å². The van der Waals surface area contributed by atoms with E-state index in [1.807, 2.05) is 10.4 Å². The Hall–Kier alpha value is -0.770. The standard InChI is InChI=1S/C12H13ClN2O2S/c13-10-5-9(6-14)1-2-11(10)18-15-4-3-12(17,7-15)8-16/h1-2,5,16-17H,3-4,7-8H2. The molecular formula is C12H13ClN2O2S. The number of rotatable bonds is 3. The Morgan fingerprint density at radius 2 is 2.33 bits per heavy atom. The van der Waals surface area contributed by atoms with E-state index in [-0.39, 0.29) is 6.61 Å². The van der Waals surface area contributed by atoms with Gasteiger partial charge in [-0.2, -0.15) is 5.26 Å². The van der Waals surface area contributed by atoms with Gasteiger partial charge in [-0.05, 0) is 36.6 Å². The number of benzene rings is 1. The molecule has 1 fully saturated rings. The van der Waals surface area contributed by atoms with Gasteiger partial charge in [0.25, 0.3) is 0 Å². The largest absolute Gasteiger partial charge is 0.393 e. The van der Waals surface area contributed by atoms with E-state index in [2.05, 4.69) is 0 Å². The molecule has 0 bridgehead atoms. The zero-order valence-electron chi connectivity index (χ0n) is 9.64. The minimum atomic E-state index is -1.01. The molecule has 1 aromatic rings. The maximum atomic E-state index is 9.92. The smallest absolute Gasteiger partial charge is 0.102 e. The van der Waals surface area contributed by atoms with Crippen LogP contribution in [0.2, 0.25) is 5.02 Å². The highest BCUT2D eigenvalue weighted by molar-refractivity contribution is 7.97. The Bertz CT molecular complexity index is 491. The minimum absolute atomic E-state index is 0.231. The van der Waals surface area contributed by atoms with Crippen LogP contribution in [0.25, 0.3) is 0 Å². The van der Waals surface area contributed by atoms with Crippen molar-refractivity contribution >= 4 is 23.5 Å². The maximum absolute atomic E-state index is 9.92. The van der Waals surface area contributed by atoms with Gasteiger partial charge in [-0.25, -0.2) is 4.31 Å². The summed E-state index contributed by atoms with van der Waals surface area (Å²) in [7, 11) is 0. The average molecular weight is 285 g/mol. The maximum Gasteiger partial charge on any atom is 0.102 e. The highest BCUT2D eigenvalue weighted by atomic mass is 35.5. The number of β-amino-alcohol motifs (C(OH)–C–C–N with tert-alkyl or cyclic N) is 1. The molecule has 4 nitrogen and oxygen atoms in total. The molecule has 96 valence electrons. The fourth-order valence-corrected chi connectivity index (χ4v) is 3.13. The van der Waals surface area contributed by atoms with Crippen LogP contribution in [-0.4, -0.2) is 39.8 Å². The summed E-state index contributed by atoms with van der Waals surface area (Å²) in [4.78, 5) is 0.845. The molecular weight excluding hydrogens is 272 g/mol. The number of hydrogen-bond acceptors (Lipinski definition) is 5. The van der Waals surface area contributed by atoms with E-state index in [1.54, 1.807) is 18.2 Å². The SMILES string of the molecule is N#Cc1ccc(SN2CCC(O)(CO)C2)c(Cl)c1. The van der Waals surface area contributed by atoms with Crippen LogP contribution in [0.5, 0.6) is 0 Å². The van der Waals surface area contributed by atoms with Gasteiger partial charge in [-0.15, -0.1) is 0 Å². The van der Waals surface area contributed by atoms with Crippen molar-refractivity contribution in [2.45, 2.75) is 16.9 Å². The van der Waals surface area contributed by atoms with Gasteiger partial charge in [0.05, 0.1) is 23.3 Å². The van der Waals surface area contributed by atoms with E-state index < -0.39 is 5.60 Å². The summed E-state index contributed by atoms with van der Waals surface area (Å²) < 4.78 is 1.96. The Kier molecular flexibility index (Phi) is 4.15. The van der Waals surface area contributed by atoms with Crippen LogP contribution in [0.1, 0.15) is 12.0 Å². The van der Waals surface area contributed by atoms with Crippen LogP contribution < -0.4 is 0 Å².